The Morgan fingerprint density at radius 3 is 2.44 bits per heavy atom. The fraction of sp³-hybridized carbons (Fsp3) is 0.238. The molecule has 1 heterocycles. The summed E-state index contributed by atoms with van der Waals surface area (Å²) in [5.74, 6) is -0.983. The Hall–Kier alpha value is -2.17. The maximum Gasteiger partial charge on any atom is 0.225 e. The number of benzene rings is 2. The number of hydrogen-bond acceptors (Lipinski definition) is 2. The third-order valence-corrected chi connectivity index (χ3v) is 6.07. The molecule has 0 saturated heterocycles. The average molecular weight is 404 g/mol. The van der Waals surface area contributed by atoms with Crippen molar-refractivity contribution in [3.8, 4) is 0 Å². The summed E-state index contributed by atoms with van der Waals surface area (Å²) in [7, 11) is 0. The van der Waals surface area contributed by atoms with Gasteiger partial charge in [-0.15, -0.1) is 0 Å². The first-order valence-electron chi connectivity index (χ1n) is 8.69. The van der Waals surface area contributed by atoms with E-state index in [9.17, 15) is 14.0 Å². The van der Waals surface area contributed by atoms with E-state index in [-0.39, 0.29) is 29.8 Å². The van der Waals surface area contributed by atoms with Crippen molar-refractivity contribution in [2.24, 2.45) is 0 Å². The lowest BCUT2D eigenvalue weighted by molar-refractivity contribution is -0.122. The van der Waals surface area contributed by atoms with Crippen molar-refractivity contribution in [2.75, 3.05) is 0 Å². The largest absolute Gasteiger partial charge is 0.329 e. The minimum absolute atomic E-state index is 0.0217. The van der Waals surface area contributed by atoms with Crippen LogP contribution in [0.1, 0.15) is 42.2 Å². The number of Topliss-reactive ketones (excluding diaryl/α,β-unsaturated/α-hetero) is 1. The lowest BCUT2D eigenvalue weighted by atomic mass is 9.73. The van der Waals surface area contributed by atoms with E-state index in [1.54, 1.807) is 30.3 Å². The van der Waals surface area contributed by atoms with Gasteiger partial charge in [-0.2, -0.15) is 0 Å². The van der Waals surface area contributed by atoms with Gasteiger partial charge in [-0.05, 0) is 41.7 Å². The lowest BCUT2D eigenvalue weighted by Gasteiger charge is -2.34. The van der Waals surface area contributed by atoms with Gasteiger partial charge in [0.25, 0.3) is 0 Å². The number of hydrogen-bond donors (Lipinski definition) is 1. The first-order valence-corrected chi connectivity index (χ1v) is 9.45. The van der Waals surface area contributed by atoms with Crippen LogP contribution in [0.3, 0.4) is 0 Å². The fourth-order valence-corrected chi connectivity index (χ4v) is 4.43. The quantitative estimate of drug-likeness (QED) is 0.754. The first-order chi connectivity index (χ1) is 12.9. The van der Waals surface area contributed by atoms with Crippen LogP contribution in [0.5, 0.6) is 0 Å². The summed E-state index contributed by atoms with van der Waals surface area (Å²) in [4.78, 5) is 25.3. The molecule has 1 amide bonds. The van der Waals surface area contributed by atoms with Gasteiger partial charge in [-0.1, -0.05) is 47.5 Å². The van der Waals surface area contributed by atoms with Crippen molar-refractivity contribution in [1.82, 2.24) is 5.32 Å². The second kappa shape index (κ2) is 7.10. The van der Waals surface area contributed by atoms with Crippen molar-refractivity contribution in [3.05, 3.63) is 80.7 Å². The van der Waals surface area contributed by atoms with Gasteiger partial charge in [0.05, 0.1) is 10.0 Å². The number of allylic oxidation sites excluding steroid dienone is 2. The molecular formula is C21H16Cl2FNO2. The van der Waals surface area contributed by atoms with E-state index >= 15 is 0 Å². The zero-order chi connectivity index (χ0) is 19.1. The predicted molar refractivity (Wildman–Crippen MR) is 102 cm³/mol. The number of nitrogens with one attached hydrogen (secondary N) is 1. The average Bonchev–Trinajstić information content (AvgIpc) is 2.63. The molecule has 27 heavy (non-hydrogen) atoms. The van der Waals surface area contributed by atoms with Crippen LogP contribution in [0.15, 0.2) is 53.7 Å². The summed E-state index contributed by atoms with van der Waals surface area (Å²) in [6, 6.07) is 11.4. The Labute approximate surface area is 166 Å². The van der Waals surface area contributed by atoms with Gasteiger partial charge in [0, 0.05) is 30.0 Å². The highest BCUT2D eigenvalue weighted by molar-refractivity contribution is 6.42. The molecule has 138 valence electrons. The van der Waals surface area contributed by atoms with Gasteiger partial charge >= 0.3 is 0 Å². The molecule has 2 aliphatic rings. The normalized spacial score (nSPS) is 22.5. The van der Waals surface area contributed by atoms with Gasteiger partial charge in [-0.3, -0.25) is 9.59 Å². The number of carbonyl (C=O) groups excluding carboxylic acids is 2. The van der Waals surface area contributed by atoms with Crippen molar-refractivity contribution < 1.29 is 14.0 Å². The molecule has 0 saturated carbocycles. The van der Waals surface area contributed by atoms with Crippen LogP contribution < -0.4 is 5.32 Å². The fourth-order valence-electron chi connectivity index (χ4n) is 3.99. The van der Waals surface area contributed by atoms with E-state index in [4.69, 9.17) is 23.2 Å². The van der Waals surface area contributed by atoms with Crippen molar-refractivity contribution in [3.63, 3.8) is 0 Å². The van der Waals surface area contributed by atoms with Crippen LogP contribution in [-0.4, -0.2) is 11.7 Å². The molecule has 0 bridgehead atoms. The van der Waals surface area contributed by atoms with E-state index in [1.807, 2.05) is 0 Å². The van der Waals surface area contributed by atoms with E-state index < -0.39 is 5.92 Å². The summed E-state index contributed by atoms with van der Waals surface area (Å²) in [6.45, 7) is 0. The maximum atomic E-state index is 13.2. The van der Waals surface area contributed by atoms with Crippen molar-refractivity contribution in [1.29, 1.82) is 0 Å². The summed E-state index contributed by atoms with van der Waals surface area (Å²) >= 11 is 12.5. The first kappa shape index (κ1) is 18.2. The number of carbonyl (C=O) groups is 2. The molecule has 0 aromatic heterocycles. The number of halogens is 3. The number of rotatable bonds is 2. The standard InChI is InChI=1S/C21H16Cl2FNO2/c22-16-3-1-2-14(21(16)23)15-10-19(27)25-17-8-12(9-18(26)20(15)17)11-4-6-13(24)7-5-11/h1-7,12,15H,8-10H2,(H,25,27)/t12-,15+/m1/s1. The van der Waals surface area contributed by atoms with Crippen LogP contribution in [0.2, 0.25) is 10.0 Å². The SMILES string of the molecule is O=C1C[C@@H](c2cccc(Cl)c2Cl)C2=C(C[C@@H](c3ccc(F)cc3)CC2=O)N1. The van der Waals surface area contributed by atoms with Crippen molar-refractivity contribution >= 4 is 34.9 Å². The molecule has 4 rings (SSSR count). The molecule has 0 fully saturated rings. The number of ketones is 1. The van der Waals surface area contributed by atoms with Gasteiger partial charge < -0.3 is 5.32 Å². The van der Waals surface area contributed by atoms with Crippen LogP contribution in [0, 0.1) is 5.82 Å². The molecule has 0 spiro atoms. The second-order valence-electron chi connectivity index (χ2n) is 6.92. The molecule has 1 aliphatic heterocycles. The Morgan fingerprint density at radius 1 is 0.963 bits per heavy atom. The highest BCUT2D eigenvalue weighted by atomic mass is 35.5. The highest BCUT2D eigenvalue weighted by Crippen LogP contribution is 2.45. The molecule has 0 unspecified atom stereocenters. The molecule has 6 heteroatoms. The molecular weight excluding hydrogens is 388 g/mol. The van der Waals surface area contributed by atoms with E-state index in [0.717, 1.165) is 5.56 Å². The minimum Gasteiger partial charge on any atom is -0.329 e. The summed E-state index contributed by atoms with van der Waals surface area (Å²) in [5, 5.41) is 3.64. The monoisotopic (exact) mass is 403 g/mol. The van der Waals surface area contributed by atoms with E-state index in [1.165, 1.54) is 12.1 Å². The molecule has 1 N–H and O–H groups in total. The van der Waals surface area contributed by atoms with Crippen molar-refractivity contribution in [2.45, 2.75) is 31.1 Å². The van der Waals surface area contributed by atoms with E-state index in [0.29, 0.717) is 39.7 Å². The molecule has 2 atom stereocenters. The van der Waals surface area contributed by atoms with Gasteiger partial charge in [0.15, 0.2) is 5.78 Å². The second-order valence-corrected chi connectivity index (χ2v) is 7.71. The third kappa shape index (κ3) is 3.40. The Kier molecular flexibility index (Phi) is 4.79. The van der Waals surface area contributed by atoms with Gasteiger partial charge in [0.1, 0.15) is 5.82 Å². The molecule has 1 aliphatic carbocycles. The topological polar surface area (TPSA) is 46.2 Å². The van der Waals surface area contributed by atoms with Crippen LogP contribution >= 0.6 is 23.2 Å². The van der Waals surface area contributed by atoms with Crippen LogP contribution in [0.4, 0.5) is 4.39 Å². The van der Waals surface area contributed by atoms with Gasteiger partial charge in [-0.25, -0.2) is 4.39 Å². The smallest absolute Gasteiger partial charge is 0.225 e. The molecule has 3 nitrogen and oxygen atoms in total. The highest BCUT2D eigenvalue weighted by Gasteiger charge is 2.39. The minimum atomic E-state index is -0.401. The Balaban J connectivity index is 1.74. The summed E-state index contributed by atoms with van der Waals surface area (Å²) in [5.41, 5.74) is 2.82. The third-order valence-electron chi connectivity index (χ3n) is 5.23. The van der Waals surface area contributed by atoms with Crippen LogP contribution in [-0.2, 0) is 9.59 Å². The van der Waals surface area contributed by atoms with E-state index in [2.05, 4.69) is 5.32 Å². The number of amides is 1. The summed E-state index contributed by atoms with van der Waals surface area (Å²) < 4.78 is 13.2. The molecule has 2 aromatic rings. The van der Waals surface area contributed by atoms with Gasteiger partial charge in [0.2, 0.25) is 5.91 Å². The zero-order valence-corrected chi connectivity index (χ0v) is 15.8. The molecule has 0 radical (unpaired) electrons. The zero-order valence-electron chi connectivity index (χ0n) is 14.3. The lowest BCUT2D eigenvalue weighted by Crippen LogP contribution is -2.38. The Morgan fingerprint density at radius 2 is 1.70 bits per heavy atom. The Bertz CT molecular complexity index is 969. The van der Waals surface area contributed by atoms with Crippen LogP contribution in [0.25, 0.3) is 0 Å². The summed E-state index contributed by atoms with van der Waals surface area (Å²) in [6.07, 6.45) is 0.994. The maximum absolute atomic E-state index is 13.2. The molecule has 2 aromatic carbocycles. The predicted octanol–water partition coefficient (Wildman–Crippen LogP) is 5.14.